The minimum Gasteiger partial charge on any atom is -0.460 e. The zero-order chi connectivity index (χ0) is 22.2. The highest BCUT2D eigenvalue weighted by molar-refractivity contribution is 7.89. The van der Waals surface area contributed by atoms with Gasteiger partial charge in [0, 0.05) is 20.5 Å². The molecule has 0 aromatic heterocycles. The Labute approximate surface area is 184 Å². The maximum absolute atomic E-state index is 12.5. The molecular formula is C23H32N2O5S. The van der Waals surface area contributed by atoms with Crippen molar-refractivity contribution in [2.24, 2.45) is 23.2 Å². The normalized spacial score (nSPS) is 29.2. The number of hydrogen-bond donors (Lipinski definition) is 1. The van der Waals surface area contributed by atoms with E-state index in [9.17, 15) is 18.0 Å². The van der Waals surface area contributed by atoms with Crippen LogP contribution in [0, 0.1) is 23.2 Å². The first kappa shape index (κ1) is 22.3. The van der Waals surface area contributed by atoms with E-state index in [2.05, 4.69) is 5.32 Å². The smallest absolute Gasteiger partial charge is 0.325 e. The number of amides is 1. The topological polar surface area (TPSA) is 92.8 Å². The van der Waals surface area contributed by atoms with Crippen LogP contribution >= 0.6 is 0 Å². The van der Waals surface area contributed by atoms with Gasteiger partial charge in [-0.3, -0.25) is 9.59 Å². The van der Waals surface area contributed by atoms with E-state index in [0.717, 1.165) is 41.3 Å². The number of carbonyl (C=O) groups is 2. The molecule has 0 heterocycles. The zero-order valence-electron chi connectivity index (χ0n) is 18.3. The Balaban J connectivity index is 1.24. The van der Waals surface area contributed by atoms with Crippen LogP contribution in [0.1, 0.15) is 50.5 Å². The Bertz CT molecular complexity index is 921. The molecule has 0 aliphatic heterocycles. The maximum atomic E-state index is 12.5. The molecule has 0 radical (unpaired) electrons. The number of rotatable bonds is 8. The van der Waals surface area contributed by atoms with E-state index in [1.165, 1.54) is 45.5 Å². The van der Waals surface area contributed by atoms with Crippen LogP contribution in [0.5, 0.6) is 0 Å². The fourth-order valence-corrected chi connectivity index (χ4v) is 7.27. The van der Waals surface area contributed by atoms with Crippen LogP contribution in [0.4, 0.5) is 0 Å². The fourth-order valence-electron chi connectivity index (χ4n) is 6.30. The lowest BCUT2D eigenvalue weighted by Crippen LogP contribution is -2.48. The molecule has 1 aromatic carbocycles. The summed E-state index contributed by atoms with van der Waals surface area (Å²) in [6, 6.07) is 6.32. The van der Waals surface area contributed by atoms with Gasteiger partial charge in [0.2, 0.25) is 15.9 Å². The van der Waals surface area contributed by atoms with Crippen LogP contribution in [0.25, 0.3) is 0 Å². The van der Waals surface area contributed by atoms with Crippen LogP contribution in [-0.4, -0.2) is 45.2 Å². The van der Waals surface area contributed by atoms with Crippen molar-refractivity contribution in [3.63, 3.8) is 0 Å². The first-order valence-corrected chi connectivity index (χ1v) is 12.5. The number of esters is 1. The Kier molecular flexibility index (Phi) is 6.14. The molecule has 1 amide bonds. The highest BCUT2D eigenvalue weighted by atomic mass is 32.2. The molecule has 31 heavy (non-hydrogen) atoms. The van der Waals surface area contributed by atoms with E-state index in [1.54, 1.807) is 12.1 Å². The number of sulfonamides is 1. The van der Waals surface area contributed by atoms with Crippen molar-refractivity contribution >= 4 is 21.9 Å². The number of carbonyl (C=O) groups excluding carboxylic acids is 2. The molecule has 0 unspecified atom stereocenters. The summed E-state index contributed by atoms with van der Waals surface area (Å²) in [4.78, 5) is 24.8. The molecule has 0 spiro atoms. The van der Waals surface area contributed by atoms with Gasteiger partial charge >= 0.3 is 5.97 Å². The van der Waals surface area contributed by atoms with Crippen molar-refractivity contribution in [3.05, 3.63) is 29.8 Å². The van der Waals surface area contributed by atoms with Gasteiger partial charge in [0.05, 0.1) is 4.90 Å². The van der Waals surface area contributed by atoms with Crippen LogP contribution in [-0.2, 0) is 31.0 Å². The molecule has 1 aromatic rings. The van der Waals surface area contributed by atoms with Crippen LogP contribution in [0.2, 0.25) is 0 Å². The predicted molar refractivity (Wildman–Crippen MR) is 115 cm³/mol. The third-order valence-corrected chi connectivity index (χ3v) is 9.02. The lowest BCUT2D eigenvalue weighted by molar-refractivity contribution is -0.146. The quantitative estimate of drug-likeness (QED) is 0.617. The molecule has 1 N–H and O–H groups in total. The minimum atomic E-state index is -3.55. The van der Waals surface area contributed by atoms with Gasteiger partial charge in [0.1, 0.15) is 13.2 Å². The molecule has 0 saturated heterocycles. The maximum Gasteiger partial charge on any atom is 0.325 e. The van der Waals surface area contributed by atoms with Crippen molar-refractivity contribution in [2.75, 3.05) is 20.6 Å². The Morgan fingerprint density at radius 2 is 1.71 bits per heavy atom. The van der Waals surface area contributed by atoms with E-state index in [-0.39, 0.29) is 29.4 Å². The second kappa shape index (κ2) is 8.54. The molecule has 7 nitrogen and oxygen atoms in total. The minimum absolute atomic E-state index is 0.0412. The molecule has 4 bridgehead atoms. The summed E-state index contributed by atoms with van der Waals surface area (Å²) in [7, 11) is -0.613. The molecule has 4 aliphatic rings. The summed E-state index contributed by atoms with van der Waals surface area (Å²) >= 11 is 0. The van der Waals surface area contributed by atoms with Gasteiger partial charge in [-0.25, -0.2) is 12.7 Å². The summed E-state index contributed by atoms with van der Waals surface area (Å²) in [5, 5.41) is 2.73. The molecule has 4 saturated carbocycles. The van der Waals surface area contributed by atoms with Gasteiger partial charge < -0.3 is 10.1 Å². The van der Waals surface area contributed by atoms with Crippen molar-refractivity contribution < 1.29 is 22.7 Å². The molecule has 170 valence electrons. The Morgan fingerprint density at radius 3 is 2.29 bits per heavy atom. The van der Waals surface area contributed by atoms with E-state index in [0.29, 0.717) is 12.0 Å². The summed E-state index contributed by atoms with van der Waals surface area (Å²) in [6.45, 7) is -0.207. The van der Waals surface area contributed by atoms with Crippen LogP contribution in [0.3, 0.4) is 0 Å². The van der Waals surface area contributed by atoms with Crippen molar-refractivity contribution in [1.29, 1.82) is 0 Å². The lowest BCUT2D eigenvalue weighted by Gasteiger charge is -2.56. The summed E-state index contributed by atoms with van der Waals surface area (Å²) in [5.74, 6) is 1.76. The second-order valence-corrected chi connectivity index (χ2v) is 12.1. The molecule has 4 fully saturated rings. The van der Waals surface area contributed by atoms with E-state index in [4.69, 9.17) is 4.74 Å². The standard InChI is InChI=1S/C23H32N2O5S/c1-25(2)31(28,29)20-5-3-4-16(9-20)15-30-22(27)14-24-21(26)13-23-10-17-6-18(11-23)8-19(7-17)12-23/h3-5,9,17-19H,6-8,10-15H2,1-2H3,(H,24,26). The molecule has 5 rings (SSSR count). The third kappa shape index (κ3) is 4.95. The third-order valence-electron chi connectivity index (χ3n) is 7.21. The highest BCUT2D eigenvalue weighted by Gasteiger charge is 2.51. The lowest BCUT2D eigenvalue weighted by atomic mass is 9.49. The van der Waals surface area contributed by atoms with Crippen LogP contribution in [0.15, 0.2) is 29.2 Å². The Morgan fingerprint density at radius 1 is 1.10 bits per heavy atom. The van der Waals surface area contributed by atoms with Gasteiger partial charge in [-0.15, -0.1) is 0 Å². The number of hydrogen-bond acceptors (Lipinski definition) is 5. The molecular weight excluding hydrogens is 416 g/mol. The van der Waals surface area contributed by atoms with Gasteiger partial charge in [-0.2, -0.15) is 0 Å². The van der Waals surface area contributed by atoms with E-state index in [1.807, 2.05) is 0 Å². The number of nitrogens with one attached hydrogen (secondary N) is 1. The van der Waals surface area contributed by atoms with Gasteiger partial charge in [0.25, 0.3) is 0 Å². The second-order valence-electron chi connectivity index (χ2n) is 9.97. The van der Waals surface area contributed by atoms with Crippen molar-refractivity contribution in [3.8, 4) is 0 Å². The number of ether oxygens (including phenoxy) is 1. The average Bonchev–Trinajstić information content (AvgIpc) is 2.69. The molecule has 8 heteroatoms. The molecule has 4 aliphatic carbocycles. The van der Waals surface area contributed by atoms with Crippen molar-refractivity contribution in [1.82, 2.24) is 9.62 Å². The molecule has 0 atom stereocenters. The Hall–Kier alpha value is -1.93. The number of nitrogens with zero attached hydrogens (tertiary/aromatic N) is 1. The first-order chi connectivity index (χ1) is 14.6. The summed E-state index contributed by atoms with van der Waals surface area (Å²) < 4.78 is 30.8. The largest absolute Gasteiger partial charge is 0.460 e. The summed E-state index contributed by atoms with van der Waals surface area (Å²) in [5.41, 5.74) is 0.720. The van der Waals surface area contributed by atoms with Gasteiger partial charge in [0.15, 0.2) is 0 Å². The van der Waals surface area contributed by atoms with E-state index < -0.39 is 16.0 Å². The van der Waals surface area contributed by atoms with Gasteiger partial charge in [-0.1, -0.05) is 12.1 Å². The first-order valence-electron chi connectivity index (χ1n) is 11.1. The van der Waals surface area contributed by atoms with Gasteiger partial charge in [-0.05, 0) is 79.4 Å². The highest BCUT2D eigenvalue weighted by Crippen LogP contribution is 2.61. The monoisotopic (exact) mass is 448 g/mol. The fraction of sp³-hybridized carbons (Fsp3) is 0.652. The number of benzene rings is 1. The van der Waals surface area contributed by atoms with Crippen LogP contribution < -0.4 is 5.32 Å². The zero-order valence-corrected chi connectivity index (χ0v) is 19.1. The van der Waals surface area contributed by atoms with Crippen molar-refractivity contribution in [2.45, 2.75) is 56.4 Å². The van der Waals surface area contributed by atoms with E-state index >= 15 is 0 Å². The average molecular weight is 449 g/mol. The SMILES string of the molecule is CN(C)S(=O)(=O)c1cccc(COC(=O)CNC(=O)CC23CC4CC(CC(C4)C2)C3)c1. The summed E-state index contributed by atoms with van der Waals surface area (Å²) in [6.07, 6.45) is 7.99. The predicted octanol–water partition coefficient (Wildman–Crippen LogP) is 2.70.